The molecule has 1 N–H and O–H groups in total. The fourth-order valence-corrected chi connectivity index (χ4v) is 3.96. The van der Waals surface area contributed by atoms with Crippen LogP contribution in [0.3, 0.4) is 0 Å². The fraction of sp³-hybridized carbons (Fsp3) is 0.316. The molecule has 2 heterocycles. The van der Waals surface area contributed by atoms with Crippen molar-refractivity contribution in [3.8, 4) is 17.2 Å². The third kappa shape index (κ3) is 1.85. The van der Waals surface area contributed by atoms with Crippen LogP contribution in [0.25, 0.3) is 0 Å². The van der Waals surface area contributed by atoms with Crippen molar-refractivity contribution >= 4 is 5.91 Å². The van der Waals surface area contributed by atoms with E-state index in [1.165, 1.54) is 12.0 Å². The van der Waals surface area contributed by atoms with Crippen molar-refractivity contribution < 1.29 is 24.1 Å². The lowest BCUT2D eigenvalue weighted by Crippen LogP contribution is -2.49. The van der Waals surface area contributed by atoms with Gasteiger partial charge in [0.1, 0.15) is 0 Å². The average Bonchev–Trinajstić information content (AvgIpc) is 2.88. The summed E-state index contributed by atoms with van der Waals surface area (Å²) < 4.78 is 16.4. The van der Waals surface area contributed by atoms with Crippen LogP contribution in [-0.4, -0.2) is 43.8 Å². The van der Waals surface area contributed by atoms with Gasteiger partial charge in [-0.1, -0.05) is 18.2 Å². The average molecular weight is 341 g/mol. The van der Waals surface area contributed by atoms with E-state index < -0.39 is 5.72 Å². The number of hydrogen-bond donors (Lipinski definition) is 1. The predicted octanol–water partition coefficient (Wildman–Crippen LogP) is 1.92. The Hall–Kier alpha value is -2.73. The Morgan fingerprint density at radius 1 is 1.04 bits per heavy atom. The molecule has 0 saturated heterocycles. The van der Waals surface area contributed by atoms with E-state index in [2.05, 4.69) is 0 Å². The highest BCUT2D eigenvalue weighted by molar-refractivity contribution is 6.00. The third-order valence-electron chi connectivity index (χ3n) is 5.06. The van der Waals surface area contributed by atoms with E-state index in [1.54, 1.807) is 38.5 Å². The zero-order valence-electron chi connectivity index (χ0n) is 14.3. The molecular weight excluding hydrogens is 322 g/mol. The number of carbonyl (C=O) groups is 1. The number of rotatable bonds is 3. The monoisotopic (exact) mass is 341 g/mol. The first-order valence-electron chi connectivity index (χ1n) is 8.04. The molecule has 0 fully saturated rings. The molecule has 2 aromatic rings. The second-order valence-corrected chi connectivity index (χ2v) is 6.10. The van der Waals surface area contributed by atoms with Crippen LogP contribution in [0.2, 0.25) is 0 Å². The van der Waals surface area contributed by atoms with Crippen molar-refractivity contribution in [2.75, 3.05) is 27.9 Å². The lowest BCUT2D eigenvalue weighted by molar-refractivity contribution is -0.0568. The summed E-state index contributed by atoms with van der Waals surface area (Å²) in [5, 5.41) is 11.6. The van der Waals surface area contributed by atoms with Gasteiger partial charge in [0, 0.05) is 28.8 Å². The summed E-state index contributed by atoms with van der Waals surface area (Å²) in [5.41, 5.74) is 0.977. The molecule has 6 nitrogen and oxygen atoms in total. The van der Waals surface area contributed by atoms with Gasteiger partial charge in [0.15, 0.2) is 17.2 Å². The molecule has 1 atom stereocenters. The molecule has 2 aliphatic rings. The summed E-state index contributed by atoms with van der Waals surface area (Å²) in [6, 6.07) is 8.88. The molecule has 1 unspecified atom stereocenters. The smallest absolute Gasteiger partial charge is 0.257 e. The van der Waals surface area contributed by atoms with Crippen LogP contribution < -0.4 is 14.2 Å². The molecule has 2 aromatic carbocycles. The number of fused-ring (bicyclic) bond motifs is 5. The highest BCUT2D eigenvalue weighted by atomic mass is 16.5. The number of benzene rings is 2. The van der Waals surface area contributed by atoms with Crippen LogP contribution in [0.5, 0.6) is 17.2 Å². The maximum absolute atomic E-state index is 12.8. The molecule has 6 heteroatoms. The largest absolute Gasteiger partial charge is 0.493 e. The van der Waals surface area contributed by atoms with E-state index in [0.717, 1.165) is 5.56 Å². The quantitative estimate of drug-likeness (QED) is 0.924. The van der Waals surface area contributed by atoms with Gasteiger partial charge in [-0.25, -0.2) is 0 Å². The van der Waals surface area contributed by atoms with Crippen molar-refractivity contribution in [1.29, 1.82) is 0 Å². The molecular formula is C19H19NO5. The van der Waals surface area contributed by atoms with Crippen molar-refractivity contribution in [2.45, 2.75) is 12.1 Å². The van der Waals surface area contributed by atoms with Gasteiger partial charge < -0.3 is 24.2 Å². The number of ether oxygens (including phenoxy) is 3. The Bertz CT molecular complexity index is 878. The predicted molar refractivity (Wildman–Crippen MR) is 90.3 cm³/mol. The maximum Gasteiger partial charge on any atom is 0.257 e. The first kappa shape index (κ1) is 15.8. The molecule has 1 amide bonds. The summed E-state index contributed by atoms with van der Waals surface area (Å²) in [5.74, 6) is 1.29. The van der Waals surface area contributed by atoms with Gasteiger partial charge in [0.25, 0.3) is 5.91 Å². The van der Waals surface area contributed by atoms with E-state index in [4.69, 9.17) is 14.2 Å². The molecule has 4 rings (SSSR count). The minimum Gasteiger partial charge on any atom is -0.493 e. The topological polar surface area (TPSA) is 68.2 Å². The van der Waals surface area contributed by atoms with Gasteiger partial charge in [-0.05, 0) is 18.6 Å². The highest BCUT2D eigenvalue weighted by Gasteiger charge is 2.53. The lowest BCUT2D eigenvalue weighted by atomic mass is 9.85. The zero-order valence-corrected chi connectivity index (χ0v) is 14.3. The molecule has 0 aliphatic carbocycles. The van der Waals surface area contributed by atoms with Gasteiger partial charge in [-0.2, -0.15) is 0 Å². The standard InChI is InChI=1S/C19H19NO5/c1-23-15-10-14-11(16(24-2)17(15)25-3)8-9-20-18(21)12-6-4-5-7-13(12)19(14,20)22/h4-7,10,22H,8-9H2,1-3H3. The van der Waals surface area contributed by atoms with Gasteiger partial charge >= 0.3 is 0 Å². The van der Waals surface area contributed by atoms with Gasteiger partial charge in [0.2, 0.25) is 5.75 Å². The fourth-order valence-electron chi connectivity index (χ4n) is 3.96. The second-order valence-electron chi connectivity index (χ2n) is 6.10. The van der Waals surface area contributed by atoms with E-state index in [9.17, 15) is 9.90 Å². The molecule has 130 valence electrons. The Kier molecular flexibility index (Phi) is 3.40. The lowest BCUT2D eigenvalue weighted by Gasteiger charge is -2.40. The van der Waals surface area contributed by atoms with E-state index >= 15 is 0 Å². The Labute approximate surface area is 145 Å². The van der Waals surface area contributed by atoms with Crippen LogP contribution in [0, 0.1) is 0 Å². The van der Waals surface area contributed by atoms with Crippen molar-refractivity contribution in [2.24, 2.45) is 0 Å². The van der Waals surface area contributed by atoms with E-state index in [-0.39, 0.29) is 5.91 Å². The minimum atomic E-state index is -1.53. The highest BCUT2D eigenvalue weighted by Crippen LogP contribution is 2.52. The number of hydrogen-bond acceptors (Lipinski definition) is 5. The molecule has 0 aromatic heterocycles. The molecule has 2 aliphatic heterocycles. The number of aliphatic hydroxyl groups is 1. The van der Waals surface area contributed by atoms with Crippen molar-refractivity contribution in [1.82, 2.24) is 4.90 Å². The van der Waals surface area contributed by atoms with Crippen LogP contribution in [0.4, 0.5) is 0 Å². The zero-order chi connectivity index (χ0) is 17.8. The first-order chi connectivity index (χ1) is 12.1. The van der Waals surface area contributed by atoms with Crippen molar-refractivity contribution in [3.05, 3.63) is 52.6 Å². The minimum absolute atomic E-state index is 0.169. The first-order valence-corrected chi connectivity index (χ1v) is 8.04. The van der Waals surface area contributed by atoms with Crippen LogP contribution in [0.15, 0.2) is 30.3 Å². The van der Waals surface area contributed by atoms with Crippen molar-refractivity contribution in [3.63, 3.8) is 0 Å². The van der Waals surface area contributed by atoms with Crippen LogP contribution in [0.1, 0.15) is 27.0 Å². The molecule has 25 heavy (non-hydrogen) atoms. The van der Waals surface area contributed by atoms with Crippen LogP contribution >= 0.6 is 0 Å². The van der Waals surface area contributed by atoms with Crippen LogP contribution in [-0.2, 0) is 12.1 Å². The summed E-state index contributed by atoms with van der Waals surface area (Å²) in [6.07, 6.45) is 0.556. The number of methoxy groups -OCH3 is 3. The number of nitrogens with zero attached hydrogens (tertiary/aromatic N) is 1. The van der Waals surface area contributed by atoms with E-state index in [1.807, 2.05) is 6.07 Å². The number of amides is 1. The SMILES string of the molecule is COc1cc2c(c(OC)c1OC)CCN1C(=O)c3ccccc3C21O. The molecule has 0 spiro atoms. The summed E-state index contributed by atoms with van der Waals surface area (Å²) in [6.45, 7) is 0.392. The Morgan fingerprint density at radius 2 is 1.76 bits per heavy atom. The molecule has 0 saturated carbocycles. The summed E-state index contributed by atoms with van der Waals surface area (Å²) >= 11 is 0. The Balaban J connectivity index is 2.05. The van der Waals surface area contributed by atoms with E-state index in [0.29, 0.717) is 46.9 Å². The molecule has 0 radical (unpaired) electrons. The third-order valence-corrected chi connectivity index (χ3v) is 5.06. The normalized spacial score (nSPS) is 20.6. The Morgan fingerprint density at radius 3 is 2.44 bits per heavy atom. The maximum atomic E-state index is 12.8. The molecule has 0 bridgehead atoms. The summed E-state index contributed by atoms with van der Waals surface area (Å²) in [4.78, 5) is 14.3. The van der Waals surface area contributed by atoms with Gasteiger partial charge in [-0.3, -0.25) is 4.79 Å². The summed E-state index contributed by atoms with van der Waals surface area (Å²) in [7, 11) is 4.63. The second kappa shape index (κ2) is 5.39. The van der Waals surface area contributed by atoms with Gasteiger partial charge in [-0.15, -0.1) is 0 Å². The number of carbonyl (C=O) groups excluding carboxylic acids is 1. The van der Waals surface area contributed by atoms with Gasteiger partial charge in [0.05, 0.1) is 21.3 Å².